The van der Waals surface area contributed by atoms with E-state index in [0.29, 0.717) is 24.5 Å². The summed E-state index contributed by atoms with van der Waals surface area (Å²) in [6, 6.07) is 0. The van der Waals surface area contributed by atoms with Crippen LogP contribution in [0.3, 0.4) is 0 Å². The number of rotatable bonds is 4. The molecule has 1 heterocycles. The van der Waals surface area contributed by atoms with Crippen LogP contribution in [0.5, 0.6) is 5.75 Å². The highest BCUT2D eigenvalue weighted by molar-refractivity contribution is 5.47. The van der Waals surface area contributed by atoms with Crippen molar-refractivity contribution in [1.82, 2.24) is 9.97 Å². The van der Waals surface area contributed by atoms with E-state index in [0.717, 1.165) is 0 Å². The fourth-order valence-corrected chi connectivity index (χ4v) is 0.852. The Morgan fingerprint density at radius 3 is 3.23 bits per heavy atom. The number of ether oxygens (including phenoxy) is 1. The van der Waals surface area contributed by atoms with E-state index in [4.69, 9.17) is 11.2 Å². The predicted octanol–water partition coefficient (Wildman–Crippen LogP) is 0.920. The van der Waals surface area contributed by atoms with Crippen molar-refractivity contribution >= 4 is 5.82 Å². The molecule has 0 fully saturated rings. The molecule has 0 saturated heterocycles. The molecule has 13 heavy (non-hydrogen) atoms. The van der Waals surface area contributed by atoms with Gasteiger partial charge < -0.3 is 10.1 Å². The van der Waals surface area contributed by atoms with Gasteiger partial charge in [0.25, 0.3) is 0 Å². The van der Waals surface area contributed by atoms with Crippen LogP contribution in [0.4, 0.5) is 5.82 Å². The first-order chi connectivity index (χ1) is 6.38. The quantitative estimate of drug-likeness (QED) is 0.548. The van der Waals surface area contributed by atoms with Crippen molar-refractivity contribution in [3.8, 4) is 18.1 Å². The summed E-state index contributed by atoms with van der Waals surface area (Å²) in [5.41, 5.74) is 0. The molecule has 0 aliphatic rings. The zero-order valence-corrected chi connectivity index (χ0v) is 7.45. The number of anilines is 1. The third-order valence-electron chi connectivity index (χ3n) is 1.46. The highest BCUT2D eigenvalue weighted by Gasteiger charge is 2.01. The number of aromatic nitrogens is 2. The molecule has 0 unspecified atom stereocenters. The molecule has 0 atom stereocenters. The van der Waals surface area contributed by atoms with Crippen molar-refractivity contribution < 1.29 is 4.74 Å². The van der Waals surface area contributed by atoms with E-state index in [1.165, 1.54) is 6.33 Å². The molecule has 1 N–H and O–H groups in total. The van der Waals surface area contributed by atoms with Gasteiger partial charge in [0.2, 0.25) is 0 Å². The minimum Gasteiger partial charge on any atom is -0.491 e. The van der Waals surface area contributed by atoms with Crippen LogP contribution in [0.2, 0.25) is 0 Å². The molecular formula is C9H11N3O. The number of methoxy groups -OCH3 is 1. The Hall–Kier alpha value is -1.76. The Balaban J connectivity index is 2.60. The summed E-state index contributed by atoms with van der Waals surface area (Å²) in [6.45, 7) is 0.684. The van der Waals surface area contributed by atoms with Crippen LogP contribution in [0.15, 0.2) is 12.5 Å². The maximum atomic E-state index is 5.11. The summed E-state index contributed by atoms with van der Waals surface area (Å²) in [7, 11) is 1.57. The fourth-order valence-electron chi connectivity index (χ4n) is 0.852. The molecule has 1 aromatic rings. The minimum atomic E-state index is 0.625. The molecular weight excluding hydrogens is 166 g/mol. The number of nitrogens with zero attached hydrogens (tertiary/aromatic N) is 2. The summed E-state index contributed by atoms with van der Waals surface area (Å²) in [6.07, 6.45) is 8.83. The van der Waals surface area contributed by atoms with Crippen LogP contribution < -0.4 is 10.1 Å². The molecule has 0 bridgehead atoms. The predicted molar refractivity (Wildman–Crippen MR) is 50.5 cm³/mol. The maximum Gasteiger partial charge on any atom is 0.179 e. The zero-order valence-electron chi connectivity index (χ0n) is 7.45. The van der Waals surface area contributed by atoms with Crippen LogP contribution in [0, 0.1) is 12.3 Å². The molecule has 1 aromatic heterocycles. The van der Waals surface area contributed by atoms with Crippen molar-refractivity contribution in [3.63, 3.8) is 0 Å². The van der Waals surface area contributed by atoms with E-state index in [1.54, 1.807) is 13.3 Å². The van der Waals surface area contributed by atoms with Gasteiger partial charge in [0.15, 0.2) is 11.6 Å². The summed E-state index contributed by atoms with van der Waals surface area (Å²) in [5, 5.41) is 3.05. The van der Waals surface area contributed by atoms with E-state index in [2.05, 4.69) is 21.2 Å². The lowest BCUT2D eigenvalue weighted by atomic mass is 10.4. The molecule has 4 nitrogen and oxygen atoms in total. The van der Waals surface area contributed by atoms with Crippen LogP contribution in [0.1, 0.15) is 6.42 Å². The first-order valence-corrected chi connectivity index (χ1v) is 3.90. The van der Waals surface area contributed by atoms with E-state index in [9.17, 15) is 0 Å². The zero-order chi connectivity index (χ0) is 9.52. The van der Waals surface area contributed by atoms with Gasteiger partial charge in [-0.2, -0.15) is 0 Å². The van der Waals surface area contributed by atoms with Gasteiger partial charge in [0.05, 0.1) is 13.3 Å². The van der Waals surface area contributed by atoms with Gasteiger partial charge in [-0.1, -0.05) is 0 Å². The Kier molecular flexibility index (Phi) is 3.58. The second-order valence-electron chi connectivity index (χ2n) is 2.32. The van der Waals surface area contributed by atoms with E-state index in [-0.39, 0.29) is 0 Å². The molecule has 0 aromatic carbocycles. The molecule has 0 aliphatic heterocycles. The first-order valence-electron chi connectivity index (χ1n) is 3.90. The molecule has 0 radical (unpaired) electrons. The maximum absolute atomic E-state index is 5.11. The Morgan fingerprint density at radius 2 is 2.54 bits per heavy atom. The lowest BCUT2D eigenvalue weighted by Gasteiger charge is -2.06. The van der Waals surface area contributed by atoms with Gasteiger partial charge in [0.1, 0.15) is 6.33 Å². The highest BCUT2D eigenvalue weighted by Crippen LogP contribution is 2.17. The first kappa shape index (κ1) is 9.33. The highest BCUT2D eigenvalue weighted by atomic mass is 16.5. The van der Waals surface area contributed by atoms with Crippen LogP contribution in [-0.2, 0) is 0 Å². The monoisotopic (exact) mass is 177 g/mol. The second-order valence-corrected chi connectivity index (χ2v) is 2.32. The minimum absolute atomic E-state index is 0.625. The summed E-state index contributed by atoms with van der Waals surface area (Å²) < 4.78 is 5.04. The van der Waals surface area contributed by atoms with Crippen molar-refractivity contribution in [1.29, 1.82) is 0 Å². The van der Waals surface area contributed by atoms with Gasteiger partial charge in [0, 0.05) is 13.0 Å². The lowest BCUT2D eigenvalue weighted by molar-refractivity contribution is 0.412. The standard InChI is InChI=1S/C9H11N3O/c1-3-4-5-11-9-8(13-2)6-10-7-12-9/h1,6-7H,4-5H2,2H3,(H,10,11,12). The topological polar surface area (TPSA) is 47.0 Å². The van der Waals surface area contributed by atoms with Crippen LogP contribution in [-0.4, -0.2) is 23.6 Å². The van der Waals surface area contributed by atoms with Crippen molar-refractivity contribution in [2.24, 2.45) is 0 Å². The molecule has 0 aliphatic carbocycles. The van der Waals surface area contributed by atoms with Crippen LogP contribution in [0.25, 0.3) is 0 Å². The molecule has 4 heteroatoms. The Morgan fingerprint density at radius 1 is 1.69 bits per heavy atom. The Bertz CT molecular complexity index is 306. The van der Waals surface area contributed by atoms with Gasteiger partial charge >= 0.3 is 0 Å². The number of terminal acetylenes is 1. The molecule has 0 saturated carbocycles. The van der Waals surface area contributed by atoms with E-state index < -0.39 is 0 Å². The molecule has 0 spiro atoms. The van der Waals surface area contributed by atoms with Crippen LogP contribution >= 0.6 is 0 Å². The average Bonchev–Trinajstić information content (AvgIpc) is 2.19. The largest absolute Gasteiger partial charge is 0.491 e. The van der Waals surface area contributed by atoms with Gasteiger partial charge in [-0.3, -0.25) is 0 Å². The summed E-state index contributed by atoms with van der Waals surface area (Å²) in [4.78, 5) is 7.83. The number of hydrogen-bond donors (Lipinski definition) is 1. The SMILES string of the molecule is C#CCCNc1ncncc1OC. The van der Waals surface area contributed by atoms with Crippen molar-refractivity contribution in [2.45, 2.75) is 6.42 Å². The third kappa shape index (κ3) is 2.64. The smallest absolute Gasteiger partial charge is 0.179 e. The van der Waals surface area contributed by atoms with E-state index in [1.807, 2.05) is 0 Å². The average molecular weight is 177 g/mol. The molecule has 68 valence electrons. The summed E-state index contributed by atoms with van der Waals surface area (Å²) >= 11 is 0. The summed E-state index contributed by atoms with van der Waals surface area (Å²) in [5.74, 6) is 3.83. The lowest BCUT2D eigenvalue weighted by Crippen LogP contribution is -2.04. The molecule has 0 amide bonds. The van der Waals surface area contributed by atoms with Crippen molar-refractivity contribution in [2.75, 3.05) is 19.0 Å². The Labute approximate surface area is 77.4 Å². The third-order valence-corrected chi connectivity index (χ3v) is 1.46. The number of hydrogen-bond acceptors (Lipinski definition) is 4. The van der Waals surface area contributed by atoms with Gasteiger partial charge in [-0.05, 0) is 0 Å². The number of nitrogens with one attached hydrogen (secondary N) is 1. The fraction of sp³-hybridized carbons (Fsp3) is 0.333. The van der Waals surface area contributed by atoms with E-state index >= 15 is 0 Å². The normalized spacial score (nSPS) is 8.92. The second kappa shape index (κ2) is 4.99. The van der Waals surface area contributed by atoms with Crippen molar-refractivity contribution in [3.05, 3.63) is 12.5 Å². The van der Waals surface area contributed by atoms with Gasteiger partial charge in [-0.15, -0.1) is 12.3 Å². The molecule has 1 rings (SSSR count). The van der Waals surface area contributed by atoms with Gasteiger partial charge in [-0.25, -0.2) is 9.97 Å².